The minimum Gasteiger partial charge on any atom is -0.461 e. The third-order valence-electron chi connectivity index (χ3n) is 1.68. The van der Waals surface area contributed by atoms with Gasteiger partial charge in [0.15, 0.2) is 0 Å². The quantitative estimate of drug-likeness (QED) is 0.615. The van der Waals surface area contributed by atoms with E-state index < -0.39 is 28.9 Å². The predicted molar refractivity (Wildman–Crippen MR) is 49.8 cm³/mol. The van der Waals surface area contributed by atoms with Gasteiger partial charge in [-0.25, -0.2) is 13.6 Å². The number of ether oxygens (including phenoxy) is 1. The lowest BCUT2D eigenvalue weighted by Crippen LogP contribution is -2.19. The van der Waals surface area contributed by atoms with Crippen molar-refractivity contribution in [2.45, 2.75) is 6.92 Å². The summed E-state index contributed by atoms with van der Waals surface area (Å²) in [5.74, 6) is -2.50. The Morgan fingerprint density at radius 2 is 2.13 bits per heavy atom. The zero-order valence-corrected chi connectivity index (χ0v) is 8.01. The highest BCUT2D eigenvalue weighted by Crippen LogP contribution is 2.10. The van der Waals surface area contributed by atoms with Crippen LogP contribution in [0, 0.1) is 17.0 Å². The Morgan fingerprint density at radius 3 is 2.73 bits per heavy atom. The molecule has 0 heterocycles. The molecule has 0 atom stereocenters. The Bertz CT molecular complexity index is 404. The highest BCUT2D eigenvalue weighted by Gasteiger charge is 2.17. The van der Waals surface area contributed by atoms with Crippen LogP contribution >= 0.6 is 0 Å². The van der Waals surface area contributed by atoms with E-state index in [9.17, 15) is 13.6 Å². The van der Waals surface area contributed by atoms with Crippen LogP contribution in [0.4, 0.5) is 8.78 Å². The summed E-state index contributed by atoms with van der Waals surface area (Å²) in [7, 11) is 0. The molecule has 0 aliphatic heterocycles. The zero-order chi connectivity index (χ0) is 11.4. The van der Waals surface area contributed by atoms with Gasteiger partial charge in [-0.15, -0.1) is 0 Å². The first-order chi connectivity index (χ1) is 7.06. The van der Waals surface area contributed by atoms with Crippen LogP contribution in [0.1, 0.15) is 12.5 Å². The minimum absolute atomic E-state index is 0.0815. The highest BCUT2D eigenvalue weighted by molar-refractivity contribution is 6.42. The van der Waals surface area contributed by atoms with E-state index in [0.29, 0.717) is 0 Å². The molecule has 0 unspecified atom stereocenters. The van der Waals surface area contributed by atoms with E-state index in [1.54, 1.807) is 6.92 Å². The van der Waals surface area contributed by atoms with Gasteiger partial charge in [0, 0.05) is 5.56 Å². The standard InChI is InChI=1S/C10H9F2NO2/c1-2-15-10(14)9(13)7-5-6(11)3-4-8(7)12/h3-5,13H,2H2,1H3. The Hall–Kier alpha value is -1.78. The van der Waals surface area contributed by atoms with E-state index in [4.69, 9.17) is 5.41 Å². The molecule has 80 valence electrons. The van der Waals surface area contributed by atoms with Crippen LogP contribution in [0.25, 0.3) is 0 Å². The number of carbonyl (C=O) groups excluding carboxylic acids is 1. The van der Waals surface area contributed by atoms with Crippen molar-refractivity contribution in [1.29, 1.82) is 5.41 Å². The van der Waals surface area contributed by atoms with Crippen LogP contribution in [-0.2, 0) is 9.53 Å². The number of carbonyl (C=O) groups is 1. The topological polar surface area (TPSA) is 50.2 Å². The van der Waals surface area contributed by atoms with Crippen LogP contribution in [0.15, 0.2) is 18.2 Å². The molecule has 0 aliphatic rings. The number of hydrogen-bond donors (Lipinski definition) is 1. The Labute approximate surface area is 85.2 Å². The summed E-state index contributed by atoms with van der Waals surface area (Å²) in [4.78, 5) is 11.1. The molecule has 1 rings (SSSR count). The molecule has 0 bridgehead atoms. The van der Waals surface area contributed by atoms with Crippen molar-refractivity contribution in [2.75, 3.05) is 6.61 Å². The minimum atomic E-state index is -0.970. The summed E-state index contributed by atoms with van der Waals surface area (Å²) >= 11 is 0. The number of halogens is 2. The maximum atomic E-state index is 13.1. The third-order valence-corrected chi connectivity index (χ3v) is 1.68. The Morgan fingerprint density at radius 1 is 1.47 bits per heavy atom. The van der Waals surface area contributed by atoms with Gasteiger partial charge in [0.05, 0.1) is 6.61 Å². The van der Waals surface area contributed by atoms with Crippen molar-refractivity contribution in [3.63, 3.8) is 0 Å². The van der Waals surface area contributed by atoms with Crippen molar-refractivity contribution in [3.05, 3.63) is 35.4 Å². The van der Waals surface area contributed by atoms with E-state index >= 15 is 0 Å². The van der Waals surface area contributed by atoms with Crippen LogP contribution in [0.3, 0.4) is 0 Å². The lowest BCUT2D eigenvalue weighted by molar-refractivity contribution is -0.135. The molecule has 0 saturated heterocycles. The zero-order valence-electron chi connectivity index (χ0n) is 8.01. The van der Waals surface area contributed by atoms with Gasteiger partial charge in [-0.2, -0.15) is 0 Å². The molecule has 15 heavy (non-hydrogen) atoms. The van der Waals surface area contributed by atoms with Crippen molar-refractivity contribution >= 4 is 11.7 Å². The fourth-order valence-electron chi connectivity index (χ4n) is 1.00. The first-order valence-corrected chi connectivity index (χ1v) is 4.27. The SMILES string of the molecule is CCOC(=O)C(=N)c1cc(F)ccc1F. The number of rotatable bonds is 3. The van der Waals surface area contributed by atoms with Gasteiger partial charge < -0.3 is 4.74 Å². The predicted octanol–water partition coefficient (Wildman–Crippen LogP) is 1.90. The number of benzene rings is 1. The van der Waals surface area contributed by atoms with E-state index in [1.807, 2.05) is 0 Å². The number of esters is 1. The fraction of sp³-hybridized carbons (Fsp3) is 0.200. The smallest absolute Gasteiger partial charge is 0.356 e. The van der Waals surface area contributed by atoms with Crippen LogP contribution < -0.4 is 0 Å². The van der Waals surface area contributed by atoms with Gasteiger partial charge in [-0.1, -0.05) is 0 Å². The molecule has 0 amide bonds. The number of hydrogen-bond acceptors (Lipinski definition) is 3. The summed E-state index contributed by atoms with van der Waals surface area (Å²) in [6.45, 7) is 1.64. The fourth-order valence-corrected chi connectivity index (χ4v) is 1.00. The summed E-state index contributed by atoms with van der Waals surface area (Å²) in [5, 5.41) is 7.30. The molecule has 1 aromatic carbocycles. The average molecular weight is 213 g/mol. The Balaban J connectivity index is 3.00. The van der Waals surface area contributed by atoms with Gasteiger partial charge in [-0.05, 0) is 25.1 Å². The molecule has 0 fully saturated rings. The first kappa shape index (κ1) is 11.3. The van der Waals surface area contributed by atoms with Crippen molar-refractivity contribution in [2.24, 2.45) is 0 Å². The molecule has 0 spiro atoms. The maximum absolute atomic E-state index is 13.1. The molecular formula is C10H9F2NO2. The van der Waals surface area contributed by atoms with Gasteiger partial charge in [0.25, 0.3) is 0 Å². The highest BCUT2D eigenvalue weighted by atomic mass is 19.1. The van der Waals surface area contributed by atoms with E-state index in [2.05, 4.69) is 4.74 Å². The molecule has 0 aromatic heterocycles. The third kappa shape index (κ3) is 2.59. The van der Waals surface area contributed by atoms with Crippen molar-refractivity contribution < 1.29 is 18.3 Å². The monoisotopic (exact) mass is 213 g/mol. The second-order valence-electron chi connectivity index (χ2n) is 2.72. The van der Waals surface area contributed by atoms with Crippen molar-refractivity contribution in [3.8, 4) is 0 Å². The average Bonchev–Trinajstić information content (AvgIpc) is 2.21. The second kappa shape index (κ2) is 4.63. The molecule has 0 radical (unpaired) electrons. The van der Waals surface area contributed by atoms with Crippen molar-refractivity contribution in [1.82, 2.24) is 0 Å². The summed E-state index contributed by atoms with van der Waals surface area (Å²) in [6.07, 6.45) is 0. The Kier molecular flexibility index (Phi) is 3.49. The van der Waals surface area contributed by atoms with E-state index in [1.165, 1.54) is 0 Å². The van der Waals surface area contributed by atoms with Crippen LogP contribution in [-0.4, -0.2) is 18.3 Å². The van der Waals surface area contributed by atoms with Crippen LogP contribution in [0.2, 0.25) is 0 Å². The van der Waals surface area contributed by atoms with Crippen LogP contribution in [0.5, 0.6) is 0 Å². The lowest BCUT2D eigenvalue weighted by Gasteiger charge is -2.04. The van der Waals surface area contributed by atoms with E-state index in [0.717, 1.165) is 18.2 Å². The molecular weight excluding hydrogens is 204 g/mol. The molecule has 0 saturated carbocycles. The number of nitrogens with one attached hydrogen (secondary N) is 1. The molecule has 3 nitrogen and oxygen atoms in total. The normalized spacial score (nSPS) is 9.80. The van der Waals surface area contributed by atoms with E-state index in [-0.39, 0.29) is 6.61 Å². The van der Waals surface area contributed by atoms with Gasteiger partial charge in [-0.3, -0.25) is 5.41 Å². The molecule has 1 aromatic rings. The largest absolute Gasteiger partial charge is 0.461 e. The summed E-state index contributed by atoms with van der Waals surface area (Å²) < 4.78 is 30.3. The second-order valence-corrected chi connectivity index (χ2v) is 2.72. The van der Waals surface area contributed by atoms with Gasteiger partial charge in [0.2, 0.25) is 0 Å². The van der Waals surface area contributed by atoms with Gasteiger partial charge in [0.1, 0.15) is 17.3 Å². The molecule has 0 aliphatic carbocycles. The maximum Gasteiger partial charge on any atom is 0.356 e. The summed E-state index contributed by atoms with van der Waals surface area (Å²) in [6, 6.07) is 2.56. The first-order valence-electron chi connectivity index (χ1n) is 4.27. The molecule has 5 heteroatoms. The van der Waals surface area contributed by atoms with Gasteiger partial charge >= 0.3 is 5.97 Å². The molecule has 1 N–H and O–H groups in total. The summed E-state index contributed by atoms with van der Waals surface area (Å²) in [5.41, 5.74) is -1.08. The lowest BCUT2D eigenvalue weighted by atomic mass is 10.1.